The maximum Gasteiger partial charge on any atom is 0.253 e. The summed E-state index contributed by atoms with van der Waals surface area (Å²) >= 11 is 3.37. The third kappa shape index (κ3) is 3.56. The molecular formula is C14H17BrN2O2. The maximum absolute atomic E-state index is 12.2. The van der Waals surface area contributed by atoms with E-state index in [1.807, 2.05) is 25.1 Å². The minimum absolute atomic E-state index is 0.0883. The molecule has 1 aliphatic rings. The lowest BCUT2D eigenvalue weighted by Crippen LogP contribution is -2.45. The smallest absolute Gasteiger partial charge is 0.253 e. The quantitative estimate of drug-likeness (QED) is 0.875. The van der Waals surface area contributed by atoms with Crippen LogP contribution in [-0.4, -0.2) is 24.4 Å². The number of carbonyl (C=O) groups is 2. The Balaban J connectivity index is 2.11. The highest BCUT2D eigenvalue weighted by Crippen LogP contribution is 2.18. The number of rotatable bonds is 2. The number of carbonyl (C=O) groups excluding carboxylic acids is 2. The van der Waals surface area contributed by atoms with Gasteiger partial charge in [0.2, 0.25) is 5.91 Å². The summed E-state index contributed by atoms with van der Waals surface area (Å²) in [5.41, 5.74) is 1.58. The van der Waals surface area contributed by atoms with Crippen molar-refractivity contribution in [1.29, 1.82) is 0 Å². The molecule has 1 fully saturated rings. The van der Waals surface area contributed by atoms with Gasteiger partial charge in [0.25, 0.3) is 5.91 Å². The highest BCUT2D eigenvalue weighted by molar-refractivity contribution is 9.10. The minimum atomic E-state index is -0.428. The summed E-state index contributed by atoms with van der Waals surface area (Å²) in [5.74, 6) is -0.299. The number of hydrogen-bond donors (Lipinski definition) is 2. The molecule has 2 rings (SSSR count). The summed E-state index contributed by atoms with van der Waals surface area (Å²) in [7, 11) is 0. The Kier molecular flexibility index (Phi) is 4.58. The van der Waals surface area contributed by atoms with Gasteiger partial charge in [0.05, 0.1) is 5.56 Å². The van der Waals surface area contributed by atoms with E-state index in [2.05, 4.69) is 26.6 Å². The molecule has 0 saturated carbocycles. The number of amides is 2. The van der Waals surface area contributed by atoms with Gasteiger partial charge in [0, 0.05) is 11.0 Å². The molecule has 0 spiro atoms. The third-order valence-electron chi connectivity index (χ3n) is 3.21. The topological polar surface area (TPSA) is 58.2 Å². The summed E-state index contributed by atoms with van der Waals surface area (Å²) in [6.45, 7) is 2.63. The molecule has 0 aromatic heterocycles. The van der Waals surface area contributed by atoms with Crippen molar-refractivity contribution in [2.75, 3.05) is 6.54 Å². The molecule has 1 unspecified atom stereocenters. The zero-order valence-corrected chi connectivity index (χ0v) is 12.4. The van der Waals surface area contributed by atoms with Crippen molar-refractivity contribution in [2.24, 2.45) is 0 Å². The minimum Gasteiger partial charge on any atom is -0.354 e. The normalized spacial score (nSPS) is 19.5. The van der Waals surface area contributed by atoms with Crippen molar-refractivity contribution in [2.45, 2.75) is 32.2 Å². The molecule has 1 heterocycles. The maximum atomic E-state index is 12.2. The molecule has 19 heavy (non-hydrogen) atoms. The van der Waals surface area contributed by atoms with Crippen LogP contribution in [-0.2, 0) is 4.79 Å². The van der Waals surface area contributed by atoms with Crippen molar-refractivity contribution in [1.82, 2.24) is 10.6 Å². The molecule has 2 amide bonds. The standard InChI is InChI=1S/C14H17BrN2O2/c1-9-5-6-11(15)10(8-9)13(18)17-12-4-2-3-7-16-14(12)19/h5-6,8,12H,2-4,7H2,1H3,(H,16,19)(H,17,18). The van der Waals surface area contributed by atoms with Crippen molar-refractivity contribution >= 4 is 27.7 Å². The molecule has 1 saturated heterocycles. The predicted molar refractivity (Wildman–Crippen MR) is 77.0 cm³/mol. The third-order valence-corrected chi connectivity index (χ3v) is 3.90. The lowest BCUT2D eigenvalue weighted by Gasteiger charge is -2.16. The number of halogens is 1. The Hall–Kier alpha value is -1.36. The Bertz CT molecular complexity index is 502. The fourth-order valence-corrected chi connectivity index (χ4v) is 2.55. The van der Waals surface area contributed by atoms with E-state index in [-0.39, 0.29) is 11.8 Å². The molecule has 1 aromatic rings. The second-order valence-corrected chi connectivity index (χ2v) is 5.65. The fraction of sp³-hybridized carbons (Fsp3) is 0.429. The van der Waals surface area contributed by atoms with Crippen molar-refractivity contribution in [3.63, 3.8) is 0 Å². The Labute approximate surface area is 121 Å². The molecule has 4 nitrogen and oxygen atoms in total. The van der Waals surface area contributed by atoms with Gasteiger partial charge in [-0.15, -0.1) is 0 Å². The molecule has 0 aliphatic carbocycles. The molecule has 2 N–H and O–H groups in total. The van der Waals surface area contributed by atoms with Gasteiger partial charge in [-0.05, 0) is 54.2 Å². The first-order valence-electron chi connectivity index (χ1n) is 6.42. The van der Waals surface area contributed by atoms with E-state index < -0.39 is 6.04 Å². The van der Waals surface area contributed by atoms with E-state index in [0.717, 1.165) is 22.9 Å². The van der Waals surface area contributed by atoms with Gasteiger partial charge in [-0.1, -0.05) is 11.6 Å². The summed E-state index contributed by atoms with van der Waals surface area (Å²) < 4.78 is 0.740. The summed E-state index contributed by atoms with van der Waals surface area (Å²) in [4.78, 5) is 24.0. The lowest BCUT2D eigenvalue weighted by molar-refractivity contribution is -0.122. The monoisotopic (exact) mass is 324 g/mol. The molecule has 5 heteroatoms. The van der Waals surface area contributed by atoms with Gasteiger partial charge in [-0.3, -0.25) is 9.59 Å². The molecule has 0 bridgehead atoms. The summed E-state index contributed by atoms with van der Waals surface area (Å²) in [6, 6.07) is 5.16. The number of aryl methyl sites for hydroxylation is 1. The van der Waals surface area contributed by atoms with Crippen LogP contribution in [0.4, 0.5) is 0 Å². The molecule has 1 aromatic carbocycles. The van der Waals surface area contributed by atoms with Gasteiger partial charge < -0.3 is 10.6 Å². The van der Waals surface area contributed by atoms with E-state index in [1.165, 1.54) is 0 Å². The SMILES string of the molecule is Cc1ccc(Br)c(C(=O)NC2CCCCNC2=O)c1. The van der Waals surface area contributed by atoms with Crippen LogP contribution < -0.4 is 10.6 Å². The Morgan fingerprint density at radius 2 is 2.21 bits per heavy atom. The second-order valence-electron chi connectivity index (χ2n) is 4.80. The molecule has 1 atom stereocenters. The van der Waals surface area contributed by atoms with Gasteiger partial charge in [-0.2, -0.15) is 0 Å². The van der Waals surface area contributed by atoms with Crippen LogP contribution in [0.15, 0.2) is 22.7 Å². The van der Waals surface area contributed by atoms with E-state index in [0.29, 0.717) is 18.5 Å². The highest BCUT2D eigenvalue weighted by Gasteiger charge is 2.23. The zero-order valence-electron chi connectivity index (χ0n) is 10.8. The van der Waals surface area contributed by atoms with Gasteiger partial charge in [0.1, 0.15) is 6.04 Å². The van der Waals surface area contributed by atoms with Crippen LogP contribution >= 0.6 is 15.9 Å². The molecular weight excluding hydrogens is 308 g/mol. The first kappa shape index (κ1) is 14.1. The van der Waals surface area contributed by atoms with Crippen LogP contribution in [0.3, 0.4) is 0 Å². The predicted octanol–water partition coefficient (Wildman–Crippen LogP) is 2.16. The largest absolute Gasteiger partial charge is 0.354 e. The van der Waals surface area contributed by atoms with Crippen molar-refractivity contribution in [3.05, 3.63) is 33.8 Å². The van der Waals surface area contributed by atoms with Crippen LogP contribution in [0.1, 0.15) is 35.2 Å². The highest BCUT2D eigenvalue weighted by atomic mass is 79.9. The first-order chi connectivity index (χ1) is 9.08. The number of hydrogen-bond acceptors (Lipinski definition) is 2. The number of benzene rings is 1. The van der Waals surface area contributed by atoms with E-state index in [4.69, 9.17) is 0 Å². The van der Waals surface area contributed by atoms with E-state index in [9.17, 15) is 9.59 Å². The van der Waals surface area contributed by atoms with Crippen LogP contribution in [0.2, 0.25) is 0 Å². The van der Waals surface area contributed by atoms with E-state index in [1.54, 1.807) is 0 Å². The second kappa shape index (κ2) is 6.19. The van der Waals surface area contributed by atoms with Gasteiger partial charge in [-0.25, -0.2) is 0 Å². The van der Waals surface area contributed by atoms with Crippen molar-refractivity contribution in [3.8, 4) is 0 Å². The van der Waals surface area contributed by atoms with Gasteiger partial charge >= 0.3 is 0 Å². The summed E-state index contributed by atoms with van der Waals surface area (Å²) in [5, 5.41) is 5.62. The van der Waals surface area contributed by atoms with Crippen LogP contribution in [0.25, 0.3) is 0 Å². The fourth-order valence-electron chi connectivity index (χ4n) is 2.13. The van der Waals surface area contributed by atoms with E-state index >= 15 is 0 Å². The average Bonchev–Trinajstić information content (AvgIpc) is 2.58. The average molecular weight is 325 g/mol. The molecule has 1 aliphatic heterocycles. The summed E-state index contributed by atoms with van der Waals surface area (Å²) in [6.07, 6.45) is 2.60. The van der Waals surface area contributed by atoms with Crippen LogP contribution in [0.5, 0.6) is 0 Å². The zero-order chi connectivity index (χ0) is 13.8. The Morgan fingerprint density at radius 3 is 3.00 bits per heavy atom. The van der Waals surface area contributed by atoms with Gasteiger partial charge in [0.15, 0.2) is 0 Å². The Morgan fingerprint density at radius 1 is 1.42 bits per heavy atom. The van der Waals surface area contributed by atoms with Crippen molar-refractivity contribution < 1.29 is 9.59 Å². The lowest BCUT2D eigenvalue weighted by atomic mass is 10.1. The van der Waals surface area contributed by atoms with Crippen LogP contribution in [0, 0.1) is 6.92 Å². The first-order valence-corrected chi connectivity index (χ1v) is 7.22. The number of nitrogens with one attached hydrogen (secondary N) is 2. The molecule has 102 valence electrons. The molecule has 0 radical (unpaired) electrons.